The van der Waals surface area contributed by atoms with Gasteiger partial charge in [-0.05, 0) is 12.1 Å². The molecule has 1 aromatic carbocycles. The molecule has 3 N–H and O–H groups in total. The van der Waals surface area contributed by atoms with E-state index in [4.69, 9.17) is 5.73 Å². The molecule has 0 amide bonds. The molecule has 0 atom stereocenters. The van der Waals surface area contributed by atoms with Crippen molar-refractivity contribution in [1.82, 2.24) is 4.72 Å². The third-order valence-corrected chi connectivity index (χ3v) is 3.68. The summed E-state index contributed by atoms with van der Waals surface area (Å²) in [6.45, 7) is 2.14. The zero-order valence-electron chi connectivity index (χ0n) is 9.64. The Balaban J connectivity index is 3.03. The number of nitrogens with two attached hydrogens (primary N) is 1. The Kier molecular flexibility index (Phi) is 4.80. The van der Waals surface area contributed by atoms with Crippen molar-refractivity contribution in [3.8, 4) is 0 Å². The number of ketones is 1. The molecule has 0 unspecified atom stereocenters. The van der Waals surface area contributed by atoms with Crippen LogP contribution in [-0.4, -0.2) is 27.3 Å². The molecule has 0 bridgehead atoms. The Morgan fingerprint density at radius 3 is 2.71 bits per heavy atom. The molecule has 6 heteroatoms. The van der Waals surface area contributed by atoms with Crippen LogP contribution in [0.4, 0.5) is 0 Å². The van der Waals surface area contributed by atoms with Crippen molar-refractivity contribution < 1.29 is 13.2 Å². The fraction of sp³-hybridized carbons (Fsp3) is 0.364. The molecule has 0 spiro atoms. The predicted octanol–water partition coefficient (Wildman–Crippen LogP) is 0.516. The molecular formula is C11H16N2O3S. The van der Waals surface area contributed by atoms with Gasteiger partial charge in [0, 0.05) is 25.1 Å². The Morgan fingerprint density at radius 1 is 1.41 bits per heavy atom. The number of carbonyl (C=O) groups is 1. The molecule has 1 aromatic rings. The topological polar surface area (TPSA) is 89.3 Å². The molecule has 0 saturated carbocycles. The third-order valence-electron chi connectivity index (χ3n) is 2.22. The molecule has 0 aliphatic heterocycles. The van der Waals surface area contributed by atoms with E-state index in [0.717, 1.165) is 0 Å². The highest BCUT2D eigenvalue weighted by Gasteiger charge is 2.14. The summed E-state index contributed by atoms with van der Waals surface area (Å²) in [5.41, 5.74) is 5.64. The van der Waals surface area contributed by atoms with Crippen LogP contribution in [0.25, 0.3) is 0 Å². The molecule has 0 fully saturated rings. The first kappa shape index (κ1) is 13.8. The van der Waals surface area contributed by atoms with Gasteiger partial charge in [-0.1, -0.05) is 19.1 Å². The number of hydrogen-bond donors (Lipinski definition) is 2. The van der Waals surface area contributed by atoms with E-state index < -0.39 is 10.0 Å². The number of nitrogens with one attached hydrogen (secondary N) is 1. The van der Waals surface area contributed by atoms with Gasteiger partial charge in [0.15, 0.2) is 5.78 Å². The lowest BCUT2D eigenvalue weighted by atomic mass is 10.1. The van der Waals surface area contributed by atoms with Crippen molar-refractivity contribution in [1.29, 1.82) is 0 Å². The van der Waals surface area contributed by atoms with E-state index in [0.29, 0.717) is 12.0 Å². The van der Waals surface area contributed by atoms with Crippen molar-refractivity contribution >= 4 is 15.8 Å². The number of benzene rings is 1. The maximum Gasteiger partial charge on any atom is 0.240 e. The van der Waals surface area contributed by atoms with E-state index in [1.807, 2.05) is 0 Å². The molecule has 0 radical (unpaired) electrons. The lowest BCUT2D eigenvalue weighted by Crippen LogP contribution is -2.29. The highest BCUT2D eigenvalue weighted by molar-refractivity contribution is 7.89. The Bertz CT molecular complexity index is 497. The van der Waals surface area contributed by atoms with Crippen LogP contribution in [0, 0.1) is 0 Å². The fourth-order valence-corrected chi connectivity index (χ4v) is 2.41. The molecule has 0 saturated heterocycles. The van der Waals surface area contributed by atoms with Gasteiger partial charge in [0.05, 0.1) is 4.90 Å². The average Bonchev–Trinajstić information content (AvgIpc) is 2.35. The SMILES string of the molecule is CCC(=O)c1cccc(S(=O)(=O)NCCN)c1. The minimum atomic E-state index is -3.57. The van der Waals surface area contributed by atoms with Gasteiger partial charge in [0.1, 0.15) is 0 Å². The Hall–Kier alpha value is -1.24. The summed E-state index contributed by atoms with van der Waals surface area (Å²) in [5, 5.41) is 0. The summed E-state index contributed by atoms with van der Waals surface area (Å²) >= 11 is 0. The summed E-state index contributed by atoms with van der Waals surface area (Å²) in [6.07, 6.45) is 0.347. The van der Waals surface area contributed by atoms with Crippen LogP contribution in [0.2, 0.25) is 0 Å². The second kappa shape index (κ2) is 5.90. The van der Waals surface area contributed by atoms with Crippen LogP contribution in [-0.2, 0) is 10.0 Å². The van der Waals surface area contributed by atoms with E-state index in [1.54, 1.807) is 19.1 Å². The standard InChI is InChI=1S/C11H16N2O3S/c1-2-11(14)9-4-3-5-10(8-9)17(15,16)13-7-6-12/h3-5,8,13H,2,6-7,12H2,1H3. The molecule has 0 aliphatic carbocycles. The lowest BCUT2D eigenvalue weighted by molar-refractivity contribution is 0.0988. The first-order chi connectivity index (χ1) is 8.01. The maximum absolute atomic E-state index is 11.8. The monoisotopic (exact) mass is 256 g/mol. The predicted molar refractivity (Wildman–Crippen MR) is 65.3 cm³/mol. The summed E-state index contributed by atoms with van der Waals surface area (Å²) in [6, 6.07) is 5.99. The quantitative estimate of drug-likeness (QED) is 0.726. The molecular weight excluding hydrogens is 240 g/mol. The fourth-order valence-electron chi connectivity index (χ4n) is 1.32. The third kappa shape index (κ3) is 3.62. The Labute approximate surface area is 101 Å². The number of rotatable bonds is 6. The Morgan fingerprint density at radius 2 is 2.12 bits per heavy atom. The summed E-state index contributed by atoms with van der Waals surface area (Å²) in [7, 11) is -3.57. The van der Waals surface area contributed by atoms with Gasteiger partial charge in [-0.25, -0.2) is 13.1 Å². The molecule has 0 aliphatic rings. The largest absolute Gasteiger partial charge is 0.329 e. The van der Waals surface area contributed by atoms with Gasteiger partial charge in [-0.15, -0.1) is 0 Å². The first-order valence-electron chi connectivity index (χ1n) is 5.34. The van der Waals surface area contributed by atoms with Crippen molar-refractivity contribution in [2.45, 2.75) is 18.2 Å². The minimum absolute atomic E-state index is 0.0825. The first-order valence-corrected chi connectivity index (χ1v) is 6.82. The van der Waals surface area contributed by atoms with Crippen LogP contribution in [0.3, 0.4) is 0 Å². The zero-order chi connectivity index (χ0) is 12.9. The van der Waals surface area contributed by atoms with Gasteiger partial charge >= 0.3 is 0 Å². The second-order valence-electron chi connectivity index (χ2n) is 3.49. The van der Waals surface area contributed by atoms with E-state index in [2.05, 4.69) is 4.72 Å². The van der Waals surface area contributed by atoms with Gasteiger partial charge < -0.3 is 5.73 Å². The molecule has 94 valence electrons. The van der Waals surface area contributed by atoms with Crippen molar-refractivity contribution in [2.24, 2.45) is 5.73 Å². The molecule has 5 nitrogen and oxygen atoms in total. The van der Waals surface area contributed by atoms with Crippen LogP contribution in [0.15, 0.2) is 29.2 Å². The van der Waals surface area contributed by atoms with E-state index in [1.165, 1.54) is 12.1 Å². The minimum Gasteiger partial charge on any atom is -0.329 e. The van der Waals surface area contributed by atoms with Crippen LogP contribution in [0.1, 0.15) is 23.7 Å². The van der Waals surface area contributed by atoms with E-state index >= 15 is 0 Å². The second-order valence-corrected chi connectivity index (χ2v) is 5.26. The van der Waals surface area contributed by atoms with Crippen molar-refractivity contribution in [2.75, 3.05) is 13.1 Å². The highest BCUT2D eigenvalue weighted by Crippen LogP contribution is 2.12. The van der Waals surface area contributed by atoms with Gasteiger partial charge in [0.25, 0.3) is 0 Å². The highest BCUT2D eigenvalue weighted by atomic mass is 32.2. The van der Waals surface area contributed by atoms with Gasteiger partial charge in [0.2, 0.25) is 10.0 Å². The summed E-state index contributed by atoms with van der Waals surface area (Å²) in [5.74, 6) is -0.0825. The van der Waals surface area contributed by atoms with Crippen molar-refractivity contribution in [3.05, 3.63) is 29.8 Å². The number of sulfonamides is 1. The summed E-state index contributed by atoms with van der Waals surface area (Å²) < 4.78 is 25.9. The average molecular weight is 256 g/mol. The molecule has 1 rings (SSSR count). The normalized spacial score (nSPS) is 11.4. The summed E-state index contributed by atoms with van der Waals surface area (Å²) in [4.78, 5) is 11.6. The molecule has 17 heavy (non-hydrogen) atoms. The smallest absolute Gasteiger partial charge is 0.240 e. The molecule has 0 heterocycles. The van der Waals surface area contributed by atoms with Gasteiger partial charge in [-0.3, -0.25) is 4.79 Å². The molecule has 0 aromatic heterocycles. The number of Topliss-reactive ketones (excluding diaryl/α,β-unsaturated/α-hetero) is 1. The van der Waals surface area contributed by atoms with Crippen LogP contribution < -0.4 is 10.5 Å². The van der Waals surface area contributed by atoms with Crippen LogP contribution >= 0.6 is 0 Å². The van der Waals surface area contributed by atoms with Crippen molar-refractivity contribution in [3.63, 3.8) is 0 Å². The lowest BCUT2D eigenvalue weighted by Gasteiger charge is -2.06. The van der Waals surface area contributed by atoms with Crippen LogP contribution in [0.5, 0.6) is 0 Å². The van der Waals surface area contributed by atoms with E-state index in [9.17, 15) is 13.2 Å². The zero-order valence-corrected chi connectivity index (χ0v) is 10.5. The van der Waals surface area contributed by atoms with E-state index in [-0.39, 0.29) is 23.8 Å². The maximum atomic E-state index is 11.8. The van der Waals surface area contributed by atoms with Gasteiger partial charge in [-0.2, -0.15) is 0 Å². The number of carbonyl (C=O) groups excluding carboxylic acids is 1. The number of hydrogen-bond acceptors (Lipinski definition) is 4.